The van der Waals surface area contributed by atoms with E-state index < -0.39 is 11.8 Å². The Morgan fingerprint density at radius 2 is 2.00 bits per heavy atom. The summed E-state index contributed by atoms with van der Waals surface area (Å²) in [4.78, 5) is 13.8. The molecule has 0 bridgehead atoms. The van der Waals surface area contributed by atoms with E-state index in [0.717, 1.165) is 5.57 Å². The van der Waals surface area contributed by atoms with Crippen molar-refractivity contribution in [2.45, 2.75) is 18.8 Å². The number of alkyl halides is 3. The van der Waals surface area contributed by atoms with Gasteiger partial charge in [-0.25, -0.2) is 0 Å². The molecule has 2 aliphatic heterocycles. The molecule has 0 atom stereocenters. The second kappa shape index (κ2) is 4.41. The van der Waals surface area contributed by atoms with Gasteiger partial charge in [-0.1, -0.05) is 18.2 Å². The number of amides is 1. The Labute approximate surface area is 119 Å². The molecule has 0 aromatic heterocycles. The topological polar surface area (TPSA) is 45.0 Å². The zero-order valence-electron chi connectivity index (χ0n) is 11.2. The molecule has 1 amide bonds. The lowest BCUT2D eigenvalue weighted by Crippen LogP contribution is -2.44. The number of carbonyl (C=O) groups excluding carboxylic acids is 1. The number of rotatable bonds is 2. The minimum absolute atomic E-state index is 0.118. The summed E-state index contributed by atoms with van der Waals surface area (Å²) in [7, 11) is 0. The maximum absolute atomic E-state index is 13.0. The smallest absolute Gasteiger partial charge is 0.331 e. The summed E-state index contributed by atoms with van der Waals surface area (Å²) in [6.45, 7) is 2.94. The van der Waals surface area contributed by atoms with E-state index in [0.29, 0.717) is 13.1 Å². The summed E-state index contributed by atoms with van der Waals surface area (Å²) in [6.07, 6.45) is -2.65. The summed E-state index contributed by atoms with van der Waals surface area (Å²) >= 11 is 0. The van der Waals surface area contributed by atoms with E-state index in [1.54, 1.807) is 4.90 Å². The molecule has 110 valence electrons. The van der Waals surface area contributed by atoms with Crippen molar-refractivity contribution >= 4 is 5.91 Å². The number of benzene rings is 1. The molecule has 2 heterocycles. The predicted octanol–water partition coefficient (Wildman–Crippen LogP) is 3.27. The van der Waals surface area contributed by atoms with E-state index in [9.17, 15) is 18.0 Å². The highest BCUT2D eigenvalue weighted by Gasteiger charge is 2.65. The quantitative estimate of drug-likeness (QED) is 0.772. The molecule has 0 spiro atoms. The van der Waals surface area contributed by atoms with Gasteiger partial charge in [-0.3, -0.25) is 4.79 Å². The number of likely N-dealkylation sites (tertiary alicyclic amines) is 1. The second-order valence-corrected chi connectivity index (χ2v) is 5.06. The van der Waals surface area contributed by atoms with Crippen LogP contribution in [0.2, 0.25) is 0 Å². The minimum Gasteiger partial charge on any atom is -0.331 e. The van der Waals surface area contributed by atoms with Crippen LogP contribution in [0.1, 0.15) is 22.8 Å². The standard InChI is InChI=1S/C14H12F3N3O/c1-2-9-7-20(8-9)12(21)10-4-3-5-11(6-10)13(18-19-13)14(15,16)17/h2-6H,7-8H2,1H3. The van der Waals surface area contributed by atoms with Crippen LogP contribution >= 0.6 is 0 Å². The van der Waals surface area contributed by atoms with E-state index in [4.69, 9.17) is 0 Å². The van der Waals surface area contributed by atoms with Gasteiger partial charge in [0.25, 0.3) is 5.91 Å². The number of allylic oxidation sites excluding steroid dienone is 1. The molecule has 7 heteroatoms. The molecule has 21 heavy (non-hydrogen) atoms. The van der Waals surface area contributed by atoms with E-state index in [2.05, 4.69) is 10.2 Å². The molecule has 0 radical (unpaired) electrons. The summed E-state index contributed by atoms with van der Waals surface area (Å²) in [5.41, 5.74) is -1.23. The molecule has 0 saturated carbocycles. The fourth-order valence-electron chi connectivity index (χ4n) is 2.26. The summed E-state index contributed by atoms with van der Waals surface area (Å²) in [6, 6.07) is 5.45. The molecule has 3 rings (SSSR count). The van der Waals surface area contributed by atoms with Crippen LogP contribution in [0.5, 0.6) is 0 Å². The van der Waals surface area contributed by atoms with Crippen molar-refractivity contribution in [1.29, 1.82) is 0 Å². The Balaban J connectivity index is 1.83. The number of nitrogens with zero attached hydrogens (tertiary/aromatic N) is 3. The van der Waals surface area contributed by atoms with Gasteiger partial charge in [0.2, 0.25) is 0 Å². The van der Waals surface area contributed by atoms with Crippen molar-refractivity contribution in [3.05, 3.63) is 47.0 Å². The Hall–Kier alpha value is -2.18. The highest BCUT2D eigenvalue weighted by Crippen LogP contribution is 2.52. The first-order chi connectivity index (χ1) is 9.87. The van der Waals surface area contributed by atoms with Crippen molar-refractivity contribution in [2.24, 2.45) is 10.2 Å². The molecule has 0 unspecified atom stereocenters. The predicted molar refractivity (Wildman–Crippen MR) is 68.7 cm³/mol. The van der Waals surface area contributed by atoms with Gasteiger partial charge in [-0.15, -0.1) is 10.2 Å². The number of hydrogen-bond acceptors (Lipinski definition) is 3. The van der Waals surface area contributed by atoms with Crippen molar-refractivity contribution in [1.82, 2.24) is 4.90 Å². The molecule has 1 saturated heterocycles. The van der Waals surface area contributed by atoms with Crippen LogP contribution in [0, 0.1) is 0 Å². The van der Waals surface area contributed by atoms with Crippen LogP contribution in [0.25, 0.3) is 0 Å². The average molecular weight is 295 g/mol. The van der Waals surface area contributed by atoms with Gasteiger partial charge in [-0.05, 0) is 24.6 Å². The van der Waals surface area contributed by atoms with Crippen LogP contribution < -0.4 is 0 Å². The third kappa shape index (κ3) is 2.12. The zero-order valence-corrected chi connectivity index (χ0v) is 11.2. The fraction of sp³-hybridized carbons (Fsp3) is 0.357. The summed E-state index contributed by atoms with van der Waals surface area (Å²) in [5.74, 6) is -0.277. The van der Waals surface area contributed by atoms with Gasteiger partial charge < -0.3 is 4.90 Å². The fourth-order valence-corrected chi connectivity index (χ4v) is 2.26. The Morgan fingerprint density at radius 3 is 2.52 bits per heavy atom. The van der Waals surface area contributed by atoms with Crippen molar-refractivity contribution in [2.75, 3.05) is 13.1 Å². The molecule has 4 nitrogen and oxygen atoms in total. The summed E-state index contributed by atoms with van der Waals surface area (Å²) < 4.78 is 38.9. The first-order valence-electron chi connectivity index (χ1n) is 6.42. The highest BCUT2D eigenvalue weighted by molar-refractivity contribution is 5.95. The van der Waals surface area contributed by atoms with Gasteiger partial charge in [0.1, 0.15) is 0 Å². The van der Waals surface area contributed by atoms with E-state index >= 15 is 0 Å². The first kappa shape index (κ1) is 13.8. The highest BCUT2D eigenvalue weighted by atomic mass is 19.4. The van der Waals surface area contributed by atoms with Gasteiger partial charge in [0.15, 0.2) is 0 Å². The number of carbonyl (C=O) groups is 1. The SMILES string of the molecule is CC=C1CN(C(=O)c2cccc(C3(C(F)(F)F)N=N3)c2)C1. The molecular formula is C14H12F3N3O. The van der Waals surface area contributed by atoms with Crippen LogP contribution in [0.15, 0.2) is 46.1 Å². The Morgan fingerprint density at radius 1 is 1.33 bits per heavy atom. The van der Waals surface area contributed by atoms with Crippen molar-refractivity contribution in [3.8, 4) is 0 Å². The Bertz CT molecular complexity index is 650. The minimum atomic E-state index is -4.58. The second-order valence-electron chi connectivity index (χ2n) is 5.06. The zero-order chi connectivity index (χ0) is 15.3. The largest absolute Gasteiger partial charge is 0.442 e. The van der Waals surface area contributed by atoms with E-state index in [-0.39, 0.29) is 17.0 Å². The van der Waals surface area contributed by atoms with Gasteiger partial charge in [0.05, 0.1) is 0 Å². The van der Waals surface area contributed by atoms with Crippen LogP contribution in [0.3, 0.4) is 0 Å². The van der Waals surface area contributed by atoms with Crippen LogP contribution in [0.4, 0.5) is 13.2 Å². The summed E-state index contributed by atoms with van der Waals surface area (Å²) in [5, 5.41) is 6.29. The molecule has 1 fully saturated rings. The lowest BCUT2D eigenvalue weighted by Gasteiger charge is -2.34. The molecule has 2 aliphatic rings. The molecule has 1 aromatic carbocycles. The molecule has 0 N–H and O–H groups in total. The molecule has 1 aromatic rings. The maximum atomic E-state index is 13.0. The van der Waals surface area contributed by atoms with E-state index in [1.165, 1.54) is 24.3 Å². The maximum Gasteiger partial charge on any atom is 0.442 e. The average Bonchev–Trinajstić information content (AvgIpc) is 3.18. The van der Waals surface area contributed by atoms with Crippen LogP contribution in [-0.4, -0.2) is 30.1 Å². The monoisotopic (exact) mass is 295 g/mol. The number of hydrogen-bond donors (Lipinski definition) is 0. The van der Waals surface area contributed by atoms with Gasteiger partial charge >= 0.3 is 11.8 Å². The third-order valence-corrected chi connectivity index (χ3v) is 3.69. The normalized spacial score (nSPS) is 19.2. The van der Waals surface area contributed by atoms with Gasteiger partial charge in [0, 0.05) is 24.2 Å². The van der Waals surface area contributed by atoms with Gasteiger partial charge in [-0.2, -0.15) is 13.2 Å². The number of halogens is 3. The molecular weight excluding hydrogens is 283 g/mol. The third-order valence-electron chi connectivity index (χ3n) is 3.69. The molecule has 0 aliphatic carbocycles. The lowest BCUT2D eigenvalue weighted by atomic mass is 9.99. The van der Waals surface area contributed by atoms with Crippen molar-refractivity contribution in [3.63, 3.8) is 0 Å². The first-order valence-corrected chi connectivity index (χ1v) is 6.42. The van der Waals surface area contributed by atoms with E-state index in [1.807, 2.05) is 13.0 Å². The van der Waals surface area contributed by atoms with Crippen molar-refractivity contribution < 1.29 is 18.0 Å². The Kier molecular flexibility index (Phi) is 2.89. The van der Waals surface area contributed by atoms with Crippen LogP contribution in [-0.2, 0) is 5.66 Å². The lowest BCUT2D eigenvalue weighted by molar-refractivity contribution is -0.166.